The zero-order valence-corrected chi connectivity index (χ0v) is 6.29. The smallest absolute Gasteiger partial charge is 0.300 e. The lowest BCUT2D eigenvalue weighted by Crippen LogP contribution is -1.83. The number of nitrogens with zero attached hydrogens (tertiary/aromatic N) is 1. The summed E-state index contributed by atoms with van der Waals surface area (Å²) in [5.41, 5.74) is 0. The molecule has 0 bridgehead atoms. The molecule has 0 unspecified atom stereocenters. The van der Waals surface area contributed by atoms with Crippen LogP contribution >= 0.6 is 0 Å². The molecule has 0 heterocycles. The van der Waals surface area contributed by atoms with Gasteiger partial charge in [-0.05, 0) is 13.8 Å². The Balaban J connectivity index is 0. The number of rotatable bonds is 1. The standard InChI is InChI=1S/C4H7NO.C2H4O2/c1-4(2)5-3-6;1-2(3)4/h4H,1-2H3;1H3,(H,3,4). The second-order valence-corrected chi connectivity index (χ2v) is 1.83. The molecule has 0 aliphatic carbocycles. The van der Waals surface area contributed by atoms with E-state index >= 15 is 0 Å². The van der Waals surface area contributed by atoms with E-state index in [-0.39, 0.29) is 6.04 Å². The number of hydrogen-bond donors (Lipinski definition) is 1. The van der Waals surface area contributed by atoms with Crippen molar-refractivity contribution in [3.63, 3.8) is 0 Å². The fourth-order valence-electron chi connectivity index (χ4n) is 0.105. The second-order valence-electron chi connectivity index (χ2n) is 1.83. The zero-order valence-electron chi connectivity index (χ0n) is 6.29. The molecule has 0 aliphatic rings. The third-order valence-corrected chi connectivity index (χ3v) is 0.311. The number of carbonyl (C=O) groups excluding carboxylic acids is 1. The van der Waals surface area contributed by atoms with Gasteiger partial charge in [0.1, 0.15) is 0 Å². The molecule has 1 N–H and O–H groups in total. The Bertz CT molecular complexity index is 132. The van der Waals surface area contributed by atoms with Gasteiger partial charge in [0.05, 0.1) is 6.04 Å². The average Bonchev–Trinajstić information content (AvgIpc) is 1.62. The molecule has 0 aromatic rings. The lowest BCUT2D eigenvalue weighted by atomic mass is 10.4. The molecule has 0 atom stereocenters. The minimum absolute atomic E-state index is 0.0995. The maximum atomic E-state index is 9.32. The van der Waals surface area contributed by atoms with E-state index in [2.05, 4.69) is 4.99 Å². The van der Waals surface area contributed by atoms with Gasteiger partial charge in [-0.2, -0.15) is 0 Å². The van der Waals surface area contributed by atoms with Crippen LogP contribution in [0.4, 0.5) is 0 Å². The highest BCUT2D eigenvalue weighted by Crippen LogP contribution is 1.78. The molecule has 0 rings (SSSR count). The number of aliphatic carboxylic acids is 1. The van der Waals surface area contributed by atoms with Gasteiger partial charge in [-0.1, -0.05) is 0 Å². The molecule has 0 fully saturated rings. The van der Waals surface area contributed by atoms with Crippen molar-refractivity contribution in [3.8, 4) is 0 Å². The molecular formula is C6H11NO3. The van der Waals surface area contributed by atoms with Crippen LogP contribution in [0.3, 0.4) is 0 Å². The van der Waals surface area contributed by atoms with Crippen molar-refractivity contribution in [2.45, 2.75) is 26.8 Å². The van der Waals surface area contributed by atoms with Crippen LogP contribution in [0.2, 0.25) is 0 Å². The van der Waals surface area contributed by atoms with E-state index in [9.17, 15) is 4.79 Å². The Kier molecular flexibility index (Phi) is 9.12. The molecule has 4 heteroatoms. The number of carboxylic acid groups (broad SMARTS) is 1. The van der Waals surface area contributed by atoms with E-state index in [1.165, 1.54) is 6.08 Å². The summed E-state index contributed by atoms with van der Waals surface area (Å²) in [6.45, 7) is 4.73. The molecule has 0 spiro atoms. The summed E-state index contributed by atoms with van der Waals surface area (Å²) in [5.74, 6) is -0.833. The maximum absolute atomic E-state index is 9.32. The van der Waals surface area contributed by atoms with Crippen molar-refractivity contribution < 1.29 is 14.7 Å². The predicted octanol–water partition coefficient (Wildman–Crippen LogP) is 0.821. The third kappa shape index (κ3) is 68.5. The fraction of sp³-hybridized carbons (Fsp3) is 0.667. The first-order valence-corrected chi connectivity index (χ1v) is 2.77. The number of carboxylic acids is 1. The van der Waals surface area contributed by atoms with E-state index < -0.39 is 5.97 Å². The Morgan fingerprint density at radius 2 is 1.90 bits per heavy atom. The Labute approximate surface area is 59.6 Å². The molecule has 0 aromatic carbocycles. The van der Waals surface area contributed by atoms with Gasteiger partial charge in [-0.3, -0.25) is 4.79 Å². The number of hydrogen-bond acceptors (Lipinski definition) is 3. The summed E-state index contributed by atoms with van der Waals surface area (Å²) in [5, 5.41) is 7.42. The summed E-state index contributed by atoms with van der Waals surface area (Å²) in [6, 6.07) is 0.0995. The largest absolute Gasteiger partial charge is 0.481 e. The van der Waals surface area contributed by atoms with Crippen molar-refractivity contribution in [2.75, 3.05) is 0 Å². The van der Waals surface area contributed by atoms with E-state index in [4.69, 9.17) is 9.90 Å². The minimum Gasteiger partial charge on any atom is -0.481 e. The van der Waals surface area contributed by atoms with E-state index in [1.807, 2.05) is 13.8 Å². The van der Waals surface area contributed by atoms with Gasteiger partial charge in [0.15, 0.2) is 0 Å². The number of isocyanates is 1. The average molecular weight is 145 g/mol. The van der Waals surface area contributed by atoms with Crippen LogP contribution in [0.5, 0.6) is 0 Å². The molecular weight excluding hydrogens is 134 g/mol. The molecule has 0 saturated heterocycles. The molecule has 0 saturated carbocycles. The molecule has 4 nitrogen and oxygen atoms in total. The van der Waals surface area contributed by atoms with Gasteiger partial charge in [0, 0.05) is 6.92 Å². The first-order chi connectivity index (χ1) is 4.50. The predicted molar refractivity (Wildman–Crippen MR) is 36.6 cm³/mol. The highest BCUT2D eigenvalue weighted by molar-refractivity contribution is 5.62. The van der Waals surface area contributed by atoms with Crippen LogP contribution in [-0.2, 0) is 9.59 Å². The van der Waals surface area contributed by atoms with E-state index in [0.717, 1.165) is 6.92 Å². The van der Waals surface area contributed by atoms with Gasteiger partial charge in [0.25, 0.3) is 5.97 Å². The monoisotopic (exact) mass is 145 g/mol. The van der Waals surface area contributed by atoms with Crippen molar-refractivity contribution in [1.82, 2.24) is 0 Å². The summed E-state index contributed by atoms with van der Waals surface area (Å²) >= 11 is 0. The number of aliphatic imine (C=N–C) groups is 1. The Morgan fingerprint density at radius 1 is 1.60 bits per heavy atom. The van der Waals surface area contributed by atoms with Gasteiger partial charge < -0.3 is 5.11 Å². The first-order valence-electron chi connectivity index (χ1n) is 2.77. The van der Waals surface area contributed by atoms with Crippen LogP contribution in [-0.4, -0.2) is 23.2 Å². The van der Waals surface area contributed by atoms with E-state index in [1.54, 1.807) is 0 Å². The SMILES string of the molecule is CC(=O)O.CC(C)N=C=O. The van der Waals surface area contributed by atoms with E-state index in [0.29, 0.717) is 0 Å². The normalized spacial score (nSPS) is 7.20. The van der Waals surface area contributed by atoms with Crippen molar-refractivity contribution in [3.05, 3.63) is 0 Å². The van der Waals surface area contributed by atoms with Crippen LogP contribution in [0.25, 0.3) is 0 Å². The summed E-state index contributed by atoms with van der Waals surface area (Å²) in [4.78, 5) is 21.6. The van der Waals surface area contributed by atoms with Crippen molar-refractivity contribution in [2.24, 2.45) is 4.99 Å². The van der Waals surface area contributed by atoms with Crippen molar-refractivity contribution >= 4 is 12.0 Å². The van der Waals surface area contributed by atoms with Crippen LogP contribution in [0.15, 0.2) is 4.99 Å². The topological polar surface area (TPSA) is 66.7 Å². The molecule has 0 amide bonds. The Morgan fingerprint density at radius 3 is 1.90 bits per heavy atom. The molecule has 0 radical (unpaired) electrons. The summed E-state index contributed by atoms with van der Waals surface area (Å²) < 4.78 is 0. The van der Waals surface area contributed by atoms with Crippen LogP contribution in [0.1, 0.15) is 20.8 Å². The molecule has 0 aliphatic heterocycles. The lowest BCUT2D eigenvalue weighted by molar-refractivity contribution is -0.134. The van der Waals surface area contributed by atoms with Crippen LogP contribution < -0.4 is 0 Å². The fourth-order valence-corrected chi connectivity index (χ4v) is 0.105. The molecule has 58 valence electrons. The highest BCUT2D eigenvalue weighted by Gasteiger charge is 1.78. The van der Waals surface area contributed by atoms with Crippen LogP contribution in [0, 0.1) is 0 Å². The van der Waals surface area contributed by atoms with Gasteiger partial charge >= 0.3 is 0 Å². The summed E-state index contributed by atoms with van der Waals surface area (Å²) in [6.07, 6.45) is 1.44. The van der Waals surface area contributed by atoms with Gasteiger partial charge in [-0.25, -0.2) is 9.79 Å². The third-order valence-electron chi connectivity index (χ3n) is 0.311. The highest BCUT2D eigenvalue weighted by atomic mass is 16.4. The molecule has 0 aromatic heterocycles. The van der Waals surface area contributed by atoms with Gasteiger partial charge in [0.2, 0.25) is 6.08 Å². The summed E-state index contributed by atoms with van der Waals surface area (Å²) in [7, 11) is 0. The quantitative estimate of drug-likeness (QED) is 0.438. The molecule has 10 heavy (non-hydrogen) atoms. The first kappa shape index (κ1) is 11.6. The lowest BCUT2D eigenvalue weighted by Gasteiger charge is -1.82. The van der Waals surface area contributed by atoms with Gasteiger partial charge in [-0.15, -0.1) is 0 Å². The zero-order chi connectivity index (χ0) is 8.57. The minimum atomic E-state index is -0.833. The van der Waals surface area contributed by atoms with Crippen molar-refractivity contribution in [1.29, 1.82) is 0 Å². The Hall–Kier alpha value is -1.15. The maximum Gasteiger partial charge on any atom is 0.300 e. The number of carbonyl (C=O) groups is 1. The second kappa shape index (κ2) is 7.85.